The van der Waals surface area contributed by atoms with Crippen LogP contribution in [0.1, 0.15) is 5.89 Å². The number of benzene rings is 1. The van der Waals surface area contributed by atoms with Crippen molar-refractivity contribution in [3.05, 3.63) is 48.5 Å². The fourth-order valence-electron chi connectivity index (χ4n) is 3.19. The molecule has 4 rings (SSSR count). The minimum Gasteiger partial charge on any atom is -0.497 e. The molecule has 0 aliphatic carbocycles. The third-order valence-corrected chi connectivity index (χ3v) is 8.16. The van der Waals surface area contributed by atoms with Crippen LogP contribution in [0.15, 0.2) is 51.2 Å². The molecule has 1 aromatic carbocycles. The molecule has 2 aromatic heterocycles. The first-order valence-corrected chi connectivity index (χ1v) is 11.1. The molecular weight excluding hydrogens is 398 g/mol. The fourth-order valence-corrected chi connectivity index (χ4v) is 6.02. The van der Waals surface area contributed by atoms with Crippen LogP contribution in [0, 0.1) is 6.92 Å². The summed E-state index contributed by atoms with van der Waals surface area (Å²) in [6, 6.07) is 11.2. The SMILES string of the molecule is COc1cccc(N2CCN(S(=O)(=O)c3ccc(-c4cnc(C)o4)s3)CC2)c1. The fraction of sp³-hybridized carbons (Fsp3) is 0.316. The maximum atomic E-state index is 13.0. The Labute approximate surface area is 168 Å². The molecule has 0 saturated carbocycles. The molecule has 3 heterocycles. The van der Waals surface area contributed by atoms with Crippen LogP contribution in [-0.4, -0.2) is 51.0 Å². The number of methoxy groups -OCH3 is 1. The predicted molar refractivity (Wildman–Crippen MR) is 109 cm³/mol. The van der Waals surface area contributed by atoms with E-state index in [2.05, 4.69) is 9.88 Å². The Kier molecular flexibility index (Phi) is 5.13. The van der Waals surface area contributed by atoms with Gasteiger partial charge in [-0.2, -0.15) is 4.31 Å². The lowest BCUT2D eigenvalue weighted by Crippen LogP contribution is -2.48. The van der Waals surface area contributed by atoms with E-state index in [1.807, 2.05) is 24.3 Å². The Morgan fingerprint density at radius 3 is 2.61 bits per heavy atom. The summed E-state index contributed by atoms with van der Waals surface area (Å²) in [6.07, 6.45) is 1.62. The number of hydrogen-bond donors (Lipinski definition) is 0. The van der Waals surface area contributed by atoms with Gasteiger partial charge >= 0.3 is 0 Å². The molecule has 9 heteroatoms. The topological polar surface area (TPSA) is 75.9 Å². The van der Waals surface area contributed by atoms with E-state index < -0.39 is 10.0 Å². The molecule has 0 bridgehead atoms. The largest absolute Gasteiger partial charge is 0.497 e. The second-order valence-electron chi connectivity index (χ2n) is 6.45. The summed E-state index contributed by atoms with van der Waals surface area (Å²) in [6.45, 7) is 3.90. The van der Waals surface area contributed by atoms with Gasteiger partial charge < -0.3 is 14.1 Å². The van der Waals surface area contributed by atoms with Crippen LogP contribution < -0.4 is 9.64 Å². The van der Waals surface area contributed by atoms with Gasteiger partial charge in [0.05, 0.1) is 18.2 Å². The van der Waals surface area contributed by atoms with Crippen molar-refractivity contribution in [3.63, 3.8) is 0 Å². The molecule has 1 fully saturated rings. The van der Waals surface area contributed by atoms with Crippen LogP contribution in [0.4, 0.5) is 5.69 Å². The van der Waals surface area contributed by atoms with Crippen LogP contribution in [-0.2, 0) is 10.0 Å². The van der Waals surface area contributed by atoms with Gasteiger partial charge in [0.2, 0.25) is 0 Å². The lowest BCUT2D eigenvalue weighted by Gasteiger charge is -2.35. The van der Waals surface area contributed by atoms with E-state index in [-0.39, 0.29) is 0 Å². The molecule has 0 radical (unpaired) electrons. The highest BCUT2D eigenvalue weighted by Gasteiger charge is 2.30. The van der Waals surface area contributed by atoms with Gasteiger partial charge in [-0.1, -0.05) is 6.07 Å². The lowest BCUT2D eigenvalue weighted by atomic mass is 10.2. The normalized spacial score (nSPS) is 15.7. The summed E-state index contributed by atoms with van der Waals surface area (Å²) >= 11 is 1.21. The summed E-state index contributed by atoms with van der Waals surface area (Å²) in [5.74, 6) is 1.94. The van der Waals surface area contributed by atoms with Gasteiger partial charge in [0.1, 0.15) is 9.96 Å². The van der Waals surface area contributed by atoms with Gasteiger partial charge in [0, 0.05) is 44.9 Å². The zero-order chi connectivity index (χ0) is 19.7. The van der Waals surface area contributed by atoms with Gasteiger partial charge in [-0.3, -0.25) is 0 Å². The van der Waals surface area contributed by atoms with Crippen molar-refractivity contribution in [2.75, 3.05) is 38.2 Å². The quantitative estimate of drug-likeness (QED) is 0.632. The number of rotatable bonds is 5. The number of sulfonamides is 1. The number of anilines is 1. The van der Waals surface area contributed by atoms with Crippen molar-refractivity contribution < 1.29 is 17.6 Å². The van der Waals surface area contributed by atoms with Crippen LogP contribution >= 0.6 is 11.3 Å². The summed E-state index contributed by atoms with van der Waals surface area (Å²) in [5.41, 5.74) is 1.04. The van der Waals surface area contributed by atoms with Crippen molar-refractivity contribution in [2.45, 2.75) is 11.1 Å². The minimum absolute atomic E-state index is 0.325. The summed E-state index contributed by atoms with van der Waals surface area (Å²) in [7, 11) is -1.88. The van der Waals surface area contributed by atoms with E-state index in [0.29, 0.717) is 42.0 Å². The number of aryl methyl sites for hydroxylation is 1. The number of thiophene rings is 1. The zero-order valence-corrected chi connectivity index (χ0v) is 17.3. The summed E-state index contributed by atoms with van der Waals surface area (Å²) in [5, 5.41) is 0. The van der Waals surface area contributed by atoms with Gasteiger partial charge in [-0.05, 0) is 24.3 Å². The highest BCUT2D eigenvalue weighted by atomic mass is 32.2. The molecule has 1 aliphatic rings. The first kappa shape index (κ1) is 19.0. The van der Waals surface area contributed by atoms with E-state index in [9.17, 15) is 8.42 Å². The Bertz CT molecular complexity index is 1070. The van der Waals surface area contributed by atoms with Crippen molar-refractivity contribution in [2.24, 2.45) is 0 Å². The number of aromatic nitrogens is 1. The monoisotopic (exact) mass is 419 g/mol. The molecule has 148 valence electrons. The summed E-state index contributed by atoms with van der Waals surface area (Å²) < 4.78 is 38.7. The average molecular weight is 420 g/mol. The van der Waals surface area contributed by atoms with Crippen LogP contribution in [0.2, 0.25) is 0 Å². The average Bonchev–Trinajstić information content (AvgIpc) is 3.37. The van der Waals surface area contributed by atoms with E-state index in [4.69, 9.17) is 9.15 Å². The molecule has 0 N–H and O–H groups in total. The molecule has 1 aliphatic heterocycles. The van der Waals surface area contributed by atoms with Crippen LogP contribution in [0.5, 0.6) is 5.75 Å². The molecular formula is C19H21N3O4S2. The van der Waals surface area contributed by atoms with E-state index in [0.717, 1.165) is 16.3 Å². The molecule has 0 atom stereocenters. The third-order valence-electron chi connectivity index (χ3n) is 4.70. The maximum absolute atomic E-state index is 13.0. The van der Waals surface area contributed by atoms with Gasteiger partial charge in [0.15, 0.2) is 11.7 Å². The second-order valence-corrected chi connectivity index (χ2v) is 9.70. The van der Waals surface area contributed by atoms with E-state index in [1.165, 1.54) is 11.3 Å². The smallest absolute Gasteiger partial charge is 0.252 e. The van der Waals surface area contributed by atoms with Crippen molar-refractivity contribution >= 4 is 27.0 Å². The molecule has 1 saturated heterocycles. The number of piperazine rings is 1. The van der Waals surface area contributed by atoms with Crippen molar-refractivity contribution in [3.8, 4) is 16.4 Å². The molecule has 0 amide bonds. The van der Waals surface area contributed by atoms with E-state index in [1.54, 1.807) is 36.7 Å². The molecule has 28 heavy (non-hydrogen) atoms. The van der Waals surface area contributed by atoms with E-state index >= 15 is 0 Å². The first-order chi connectivity index (χ1) is 13.5. The van der Waals surface area contributed by atoms with Gasteiger partial charge in [0.25, 0.3) is 10.0 Å². The van der Waals surface area contributed by atoms with Crippen molar-refractivity contribution in [1.29, 1.82) is 0 Å². The standard InChI is InChI=1S/C19H21N3O4S2/c1-14-20-13-17(26-14)18-6-7-19(27-18)28(23,24)22-10-8-21(9-11-22)15-4-3-5-16(12-15)25-2/h3-7,12-13H,8-11H2,1-2H3. The minimum atomic E-state index is -3.52. The molecule has 3 aromatic rings. The van der Waals surface area contributed by atoms with Gasteiger partial charge in [-0.15, -0.1) is 11.3 Å². The Balaban J connectivity index is 1.47. The second kappa shape index (κ2) is 7.57. The first-order valence-electron chi connectivity index (χ1n) is 8.89. The molecule has 7 nitrogen and oxygen atoms in total. The predicted octanol–water partition coefficient (Wildman–Crippen LogP) is 3.23. The highest BCUT2D eigenvalue weighted by Crippen LogP contribution is 2.33. The number of oxazole rings is 1. The maximum Gasteiger partial charge on any atom is 0.252 e. The highest BCUT2D eigenvalue weighted by molar-refractivity contribution is 7.91. The Morgan fingerprint density at radius 1 is 1.14 bits per heavy atom. The number of ether oxygens (including phenoxy) is 1. The van der Waals surface area contributed by atoms with Crippen LogP contribution in [0.25, 0.3) is 10.6 Å². The Morgan fingerprint density at radius 2 is 1.93 bits per heavy atom. The Hall–Kier alpha value is -2.36. The molecule has 0 spiro atoms. The number of nitrogens with zero attached hydrogens (tertiary/aromatic N) is 3. The lowest BCUT2D eigenvalue weighted by molar-refractivity contribution is 0.385. The van der Waals surface area contributed by atoms with Gasteiger partial charge in [-0.25, -0.2) is 13.4 Å². The summed E-state index contributed by atoms with van der Waals surface area (Å²) in [4.78, 5) is 7.00. The zero-order valence-electron chi connectivity index (χ0n) is 15.7. The number of hydrogen-bond acceptors (Lipinski definition) is 7. The third kappa shape index (κ3) is 3.65. The molecule has 0 unspecified atom stereocenters. The van der Waals surface area contributed by atoms with Crippen molar-refractivity contribution in [1.82, 2.24) is 9.29 Å². The van der Waals surface area contributed by atoms with Crippen LogP contribution in [0.3, 0.4) is 0 Å².